The molecule has 1 aromatic carbocycles. The van der Waals surface area contributed by atoms with Crippen molar-refractivity contribution in [2.75, 3.05) is 18.6 Å². The molecule has 0 unspecified atom stereocenters. The Morgan fingerprint density at radius 3 is 2.92 bits per heavy atom. The number of para-hydroxylation sites is 1. The van der Waals surface area contributed by atoms with Crippen LogP contribution in [-0.4, -0.2) is 28.5 Å². The molecule has 4 rings (SSSR count). The number of ether oxygens (including phenoxy) is 1. The number of hydrogen-bond acceptors (Lipinski definition) is 5. The SMILES string of the molecule is COc1ccc([N+](=O)[O-])c(N2CCc3c([nH]c4ccccc34)C2)n1. The number of nitrogens with zero attached hydrogens (tertiary/aromatic N) is 3. The lowest BCUT2D eigenvalue weighted by atomic mass is 10.0. The number of aromatic amines is 1. The molecule has 0 fully saturated rings. The lowest BCUT2D eigenvalue weighted by Crippen LogP contribution is -2.31. The second kappa shape index (κ2) is 5.52. The van der Waals surface area contributed by atoms with Crippen LogP contribution in [0, 0.1) is 10.1 Å². The average Bonchev–Trinajstić information content (AvgIpc) is 2.98. The first-order chi connectivity index (χ1) is 11.7. The maximum Gasteiger partial charge on any atom is 0.311 e. The summed E-state index contributed by atoms with van der Waals surface area (Å²) in [4.78, 5) is 20.6. The molecule has 0 bridgehead atoms. The van der Waals surface area contributed by atoms with Gasteiger partial charge in [-0.2, -0.15) is 4.98 Å². The molecule has 3 aromatic rings. The van der Waals surface area contributed by atoms with E-state index in [2.05, 4.69) is 16.0 Å². The third-order valence-electron chi connectivity index (χ3n) is 4.42. The summed E-state index contributed by atoms with van der Waals surface area (Å²) in [6.45, 7) is 1.24. The zero-order valence-corrected chi connectivity index (χ0v) is 13.2. The Balaban J connectivity index is 1.75. The Morgan fingerprint density at radius 1 is 1.29 bits per heavy atom. The quantitative estimate of drug-likeness (QED) is 0.591. The zero-order chi connectivity index (χ0) is 16.7. The summed E-state index contributed by atoms with van der Waals surface area (Å²) >= 11 is 0. The van der Waals surface area contributed by atoms with Crippen molar-refractivity contribution >= 4 is 22.4 Å². The van der Waals surface area contributed by atoms with E-state index in [1.165, 1.54) is 30.2 Å². The summed E-state index contributed by atoms with van der Waals surface area (Å²) < 4.78 is 5.13. The average molecular weight is 324 g/mol. The number of nitrogens with one attached hydrogen (secondary N) is 1. The van der Waals surface area contributed by atoms with Crippen LogP contribution in [-0.2, 0) is 13.0 Å². The lowest BCUT2D eigenvalue weighted by molar-refractivity contribution is -0.384. The van der Waals surface area contributed by atoms with Crippen molar-refractivity contribution in [1.29, 1.82) is 0 Å². The van der Waals surface area contributed by atoms with Gasteiger partial charge in [0.1, 0.15) is 0 Å². The molecule has 0 radical (unpaired) electrons. The highest BCUT2D eigenvalue weighted by Gasteiger charge is 2.27. The molecule has 0 saturated carbocycles. The molecule has 3 heterocycles. The number of pyridine rings is 1. The molecule has 0 spiro atoms. The summed E-state index contributed by atoms with van der Waals surface area (Å²) in [6, 6.07) is 11.1. The minimum Gasteiger partial charge on any atom is -0.481 e. The van der Waals surface area contributed by atoms with E-state index in [1.807, 2.05) is 23.1 Å². The van der Waals surface area contributed by atoms with E-state index >= 15 is 0 Å². The maximum atomic E-state index is 11.3. The molecule has 122 valence electrons. The lowest BCUT2D eigenvalue weighted by Gasteiger charge is -2.27. The Kier molecular flexibility index (Phi) is 3.34. The van der Waals surface area contributed by atoms with Gasteiger partial charge in [-0.15, -0.1) is 0 Å². The summed E-state index contributed by atoms with van der Waals surface area (Å²) in [5, 5.41) is 12.6. The first-order valence-electron chi connectivity index (χ1n) is 7.70. The van der Waals surface area contributed by atoms with E-state index in [0.717, 1.165) is 17.6 Å². The summed E-state index contributed by atoms with van der Waals surface area (Å²) in [7, 11) is 1.50. The fourth-order valence-corrected chi connectivity index (χ4v) is 3.29. The highest BCUT2D eigenvalue weighted by molar-refractivity contribution is 5.85. The molecule has 1 N–H and O–H groups in total. The van der Waals surface area contributed by atoms with Crippen molar-refractivity contribution in [1.82, 2.24) is 9.97 Å². The fraction of sp³-hybridized carbons (Fsp3) is 0.235. The topological polar surface area (TPSA) is 84.3 Å². The molecule has 2 aromatic heterocycles. The summed E-state index contributed by atoms with van der Waals surface area (Å²) in [6.07, 6.45) is 0.815. The molecule has 7 nitrogen and oxygen atoms in total. The fourth-order valence-electron chi connectivity index (χ4n) is 3.29. The molecular formula is C17H16N4O3. The minimum atomic E-state index is -0.400. The van der Waals surface area contributed by atoms with Gasteiger partial charge in [0, 0.05) is 35.3 Å². The number of H-pyrrole nitrogens is 1. The molecular weight excluding hydrogens is 308 g/mol. The van der Waals surface area contributed by atoms with Crippen molar-refractivity contribution in [3.63, 3.8) is 0 Å². The summed E-state index contributed by atoms with van der Waals surface area (Å²) in [5.74, 6) is 0.724. The smallest absolute Gasteiger partial charge is 0.311 e. The van der Waals surface area contributed by atoms with Crippen molar-refractivity contribution in [3.05, 3.63) is 57.8 Å². The van der Waals surface area contributed by atoms with E-state index in [4.69, 9.17) is 4.74 Å². The van der Waals surface area contributed by atoms with E-state index in [-0.39, 0.29) is 5.69 Å². The summed E-state index contributed by atoms with van der Waals surface area (Å²) in [5.41, 5.74) is 3.46. The number of fused-ring (bicyclic) bond motifs is 3. The monoisotopic (exact) mass is 324 g/mol. The largest absolute Gasteiger partial charge is 0.481 e. The number of aromatic nitrogens is 2. The molecule has 1 aliphatic heterocycles. The Bertz CT molecular complexity index is 935. The van der Waals surface area contributed by atoms with E-state index in [0.29, 0.717) is 24.8 Å². The number of benzene rings is 1. The molecule has 7 heteroatoms. The van der Waals surface area contributed by atoms with Crippen LogP contribution < -0.4 is 9.64 Å². The van der Waals surface area contributed by atoms with Crippen LogP contribution in [0.1, 0.15) is 11.3 Å². The number of hydrogen-bond donors (Lipinski definition) is 1. The highest BCUT2D eigenvalue weighted by atomic mass is 16.6. The Morgan fingerprint density at radius 2 is 2.12 bits per heavy atom. The van der Waals surface area contributed by atoms with Crippen molar-refractivity contribution in [2.45, 2.75) is 13.0 Å². The number of anilines is 1. The van der Waals surface area contributed by atoms with Gasteiger partial charge in [-0.25, -0.2) is 0 Å². The van der Waals surface area contributed by atoms with Crippen LogP contribution in [0.2, 0.25) is 0 Å². The normalized spacial score (nSPS) is 13.8. The zero-order valence-electron chi connectivity index (χ0n) is 13.2. The van der Waals surface area contributed by atoms with Gasteiger partial charge in [-0.05, 0) is 18.1 Å². The van der Waals surface area contributed by atoms with Crippen molar-refractivity contribution in [3.8, 4) is 5.88 Å². The van der Waals surface area contributed by atoms with Crippen molar-refractivity contribution < 1.29 is 9.66 Å². The third-order valence-corrected chi connectivity index (χ3v) is 4.42. The van der Waals surface area contributed by atoms with Crippen molar-refractivity contribution in [2.24, 2.45) is 0 Å². The number of nitro groups is 1. The predicted octanol–water partition coefficient (Wildman–Crippen LogP) is 3.04. The van der Waals surface area contributed by atoms with Gasteiger partial charge in [0.2, 0.25) is 11.7 Å². The second-order valence-electron chi connectivity index (χ2n) is 5.75. The first kappa shape index (κ1) is 14.5. The van der Waals surface area contributed by atoms with Gasteiger partial charge >= 0.3 is 5.69 Å². The van der Waals surface area contributed by atoms with Gasteiger partial charge in [-0.3, -0.25) is 10.1 Å². The first-order valence-corrected chi connectivity index (χ1v) is 7.70. The van der Waals surface area contributed by atoms with E-state index < -0.39 is 4.92 Å². The molecule has 0 amide bonds. The van der Waals surface area contributed by atoms with Crippen LogP contribution >= 0.6 is 0 Å². The van der Waals surface area contributed by atoms with Crippen LogP contribution in [0.3, 0.4) is 0 Å². The Hall–Kier alpha value is -3.09. The standard InChI is InChI=1S/C17H16N4O3/c1-24-16-7-6-15(21(22)23)17(19-16)20-9-8-12-11-4-2-3-5-13(11)18-14(12)10-20/h2-7,18H,8-10H2,1H3. The van der Waals surface area contributed by atoms with Gasteiger partial charge < -0.3 is 14.6 Å². The molecule has 0 saturated heterocycles. The van der Waals surface area contributed by atoms with Crippen LogP contribution in [0.25, 0.3) is 10.9 Å². The second-order valence-corrected chi connectivity index (χ2v) is 5.75. The molecule has 0 atom stereocenters. The number of rotatable bonds is 3. The van der Waals surface area contributed by atoms with Gasteiger partial charge in [-0.1, -0.05) is 18.2 Å². The molecule has 1 aliphatic rings. The van der Waals surface area contributed by atoms with Crippen LogP contribution in [0.4, 0.5) is 11.5 Å². The van der Waals surface area contributed by atoms with Crippen LogP contribution in [0.5, 0.6) is 5.88 Å². The van der Waals surface area contributed by atoms with Crippen LogP contribution in [0.15, 0.2) is 36.4 Å². The minimum absolute atomic E-state index is 0.00430. The van der Waals surface area contributed by atoms with E-state index in [9.17, 15) is 10.1 Å². The third kappa shape index (κ3) is 2.25. The Labute approximate surface area is 138 Å². The molecule has 24 heavy (non-hydrogen) atoms. The van der Waals surface area contributed by atoms with Gasteiger partial charge in [0.25, 0.3) is 0 Å². The van der Waals surface area contributed by atoms with Gasteiger partial charge in [0.05, 0.1) is 18.6 Å². The number of methoxy groups -OCH3 is 1. The van der Waals surface area contributed by atoms with E-state index in [1.54, 1.807) is 0 Å². The predicted molar refractivity (Wildman–Crippen MR) is 90.5 cm³/mol. The molecule has 0 aliphatic carbocycles. The van der Waals surface area contributed by atoms with Gasteiger partial charge in [0.15, 0.2) is 0 Å². The maximum absolute atomic E-state index is 11.3. The highest BCUT2D eigenvalue weighted by Crippen LogP contribution is 2.34.